The van der Waals surface area contributed by atoms with Crippen LogP contribution < -0.4 is 15.0 Å². The molecule has 1 saturated heterocycles. The number of ether oxygens (including phenoxy) is 2. The average Bonchev–Trinajstić information content (AvgIpc) is 3.22. The highest BCUT2D eigenvalue weighted by Crippen LogP contribution is 2.39. The molecule has 2 aliphatic rings. The quantitative estimate of drug-likeness (QED) is 0.871. The van der Waals surface area contributed by atoms with Crippen molar-refractivity contribution in [1.82, 2.24) is 5.32 Å². The summed E-state index contributed by atoms with van der Waals surface area (Å²) in [7, 11) is 0. The molecule has 2 atom stereocenters. The zero-order chi connectivity index (χ0) is 18.3. The number of amides is 2. The number of nitrogens with zero attached hydrogens (tertiary/aromatic N) is 2. The molecule has 4 rings (SSSR count). The highest BCUT2D eigenvalue weighted by Gasteiger charge is 2.46. The van der Waals surface area contributed by atoms with E-state index in [1.54, 1.807) is 30.3 Å². The minimum atomic E-state index is -0.536. The number of nitrogens with one attached hydrogen (secondary N) is 1. The first-order valence-corrected chi connectivity index (χ1v) is 8.96. The van der Waals surface area contributed by atoms with Crippen LogP contribution in [0.1, 0.15) is 15.2 Å². The number of rotatable bonds is 3. The van der Waals surface area contributed by atoms with E-state index >= 15 is 0 Å². The standard InChI is InChI=1S/C17H12ClN3O4S/c18-15-4-3-14(26-15)16(22)20-7-13-11-8-24-12-5-9(6-19)1-2-10(12)21(11)17(23)25-13/h1-5,11,13H,7-8H2,(H,20,22)/t11-,13-/m0/s1. The first-order chi connectivity index (χ1) is 12.6. The Morgan fingerprint density at radius 1 is 1.42 bits per heavy atom. The van der Waals surface area contributed by atoms with Crippen molar-refractivity contribution in [2.24, 2.45) is 0 Å². The summed E-state index contributed by atoms with van der Waals surface area (Å²) >= 11 is 7.02. The maximum atomic E-state index is 12.3. The number of anilines is 1. The molecule has 0 radical (unpaired) electrons. The molecule has 0 unspecified atom stereocenters. The number of fused-ring (bicyclic) bond motifs is 3. The Morgan fingerprint density at radius 3 is 3.00 bits per heavy atom. The van der Waals surface area contributed by atoms with Crippen LogP contribution in [0.4, 0.5) is 10.5 Å². The van der Waals surface area contributed by atoms with Crippen molar-refractivity contribution in [3.8, 4) is 11.8 Å². The van der Waals surface area contributed by atoms with Crippen molar-refractivity contribution < 1.29 is 19.1 Å². The molecule has 1 fully saturated rings. The Labute approximate surface area is 157 Å². The van der Waals surface area contributed by atoms with Gasteiger partial charge in [-0.15, -0.1) is 11.3 Å². The number of carbonyl (C=O) groups is 2. The maximum Gasteiger partial charge on any atom is 0.415 e. The van der Waals surface area contributed by atoms with E-state index in [1.165, 1.54) is 16.2 Å². The van der Waals surface area contributed by atoms with Crippen LogP contribution in [0.25, 0.3) is 0 Å². The van der Waals surface area contributed by atoms with Crippen LogP contribution in [0.3, 0.4) is 0 Å². The second kappa shape index (κ2) is 6.52. The van der Waals surface area contributed by atoms with Crippen molar-refractivity contribution in [3.63, 3.8) is 0 Å². The Balaban J connectivity index is 1.48. The topological polar surface area (TPSA) is 91.7 Å². The minimum Gasteiger partial charge on any atom is -0.489 e. The molecular formula is C17H12ClN3O4S. The Morgan fingerprint density at radius 2 is 2.27 bits per heavy atom. The summed E-state index contributed by atoms with van der Waals surface area (Å²) in [4.78, 5) is 26.5. The fourth-order valence-electron chi connectivity index (χ4n) is 2.99. The normalized spacial score (nSPS) is 20.5. The van der Waals surface area contributed by atoms with E-state index in [1.807, 2.05) is 6.07 Å². The molecule has 26 heavy (non-hydrogen) atoms. The monoisotopic (exact) mass is 389 g/mol. The van der Waals surface area contributed by atoms with Crippen LogP contribution in [0.2, 0.25) is 4.34 Å². The molecule has 2 amide bonds. The molecular weight excluding hydrogens is 378 g/mol. The van der Waals surface area contributed by atoms with Crippen molar-refractivity contribution >= 4 is 40.6 Å². The summed E-state index contributed by atoms with van der Waals surface area (Å²) in [5, 5.41) is 11.7. The van der Waals surface area contributed by atoms with E-state index in [0.29, 0.717) is 26.2 Å². The summed E-state index contributed by atoms with van der Waals surface area (Å²) < 4.78 is 11.6. The van der Waals surface area contributed by atoms with Gasteiger partial charge in [-0.2, -0.15) is 5.26 Å². The maximum absolute atomic E-state index is 12.3. The fraction of sp³-hybridized carbons (Fsp3) is 0.235. The smallest absolute Gasteiger partial charge is 0.415 e. The van der Waals surface area contributed by atoms with E-state index in [4.69, 9.17) is 26.3 Å². The van der Waals surface area contributed by atoms with E-state index in [0.717, 1.165) is 0 Å². The highest BCUT2D eigenvalue weighted by atomic mass is 35.5. The van der Waals surface area contributed by atoms with E-state index in [-0.39, 0.29) is 25.1 Å². The largest absolute Gasteiger partial charge is 0.489 e. The fourth-order valence-corrected chi connectivity index (χ4v) is 3.95. The number of cyclic esters (lactones) is 1. The molecule has 0 bridgehead atoms. The Kier molecular flexibility index (Phi) is 4.18. The SMILES string of the molecule is N#Cc1ccc2c(c1)OC[C@H]1[C@H](CNC(=O)c3ccc(Cl)s3)OC(=O)N21. The third-order valence-electron chi connectivity index (χ3n) is 4.23. The zero-order valence-corrected chi connectivity index (χ0v) is 14.8. The third kappa shape index (κ3) is 2.85. The van der Waals surface area contributed by atoms with Gasteiger partial charge in [-0.3, -0.25) is 9.69 Å². The van der Waals surface area contributed by atoms with E-state index in [2.05, 4.69) is 5.32 Å². The predicted molar refractivity (Wildman–Crippen MR) is 94.9 cm³/mol. The molecule has 1 N–H and O–H groups in total. The first-order valence-electron chi connectivity index (χ1n) is 7.77. The van der Waals surface area contributed by atoms with Gasteiger partial charge in [0.25, 0.3) is 5.91 Å². The van der Waals surface area contributed by atoms with Crippen LogP contribution in [0.15, 0.2) is 30.3 Å². The van der Waals surface area contributed by atoms with Gasteiger partial charge < -0.3 is 14.8 Å². The molecule has 0 spiro atoms. The number of halogens is 1. The number of carbonyl (C=O) groups excluding carboxylic acids is 2. The number of nitriles is 1. The van der Waals surface area contributed by atoms with Gasteiger partial charge in [-0.1, -0.05) is 11.6 Å². The summed E-state index contributed by atoms with van der Waals surface area (Å²) in [6, 6.07) is 9.85. The molecule has 1 aromatic carbocycles. The van der Waals surface area contributed by atoms with Gasteiger partial charge in [-0.05, 0) is 24.3 Å². The predicted octanol–water partition coefficient (Wildman–Crippen LogP) is 2.79. The van der Waals surface area contributed by atoms with Gasteiger partial charge in [-0.25, -0.2) is 4.79 Å². The van der Waals surface area contributed by atoms with Gasteiger partial charge in [0.2, 0.25) is 0 Å². The summed E-state index contributed by atoms with van der Waals surface area (Å²) in [6.07, 6.45) is -1.03. The number of hydrogen-bond donors (Lipinski definition) is 1. The molecule has 9 heteroatoms. The van der Waals surface area contributed by atoms with Crippen LogP contribution in [0, 0.1) is 11.3 Å². The highest BCUT2D eigenvalue weighted by molar-refractivity contribution is 7.17. The molecule has 0 saturated carbocycles. The van der Waals surface area contributed by atoms with Gasteiger partial charge in [0.05, 0.1) is 33.1 Å². The van der Waals surface area contributed by atoms with Crippen LogP contribution >= 0.6 is 22.9 Å². The minimum absolute atomic E-state index is 0.163. The van der Waals surface area contributed by atoms with E-state index in [9.17, 15) is 9.59 Å². The zero-order valence-electron chi connectivity index (χ0n) is 13.3. The van der Waals surface area contributed by atoms with Crippen molar-refractivity contribution in [2.45, 2.75) is 12.1 Å². The van der Waals surface area contributed by atoms with E-state index < -0.39 is 12.2 Å². The number of benzene rings is 1. The lowest BCUT2D eigenvalue weighted by Gasteiger charge is -2.31. The molecule has 0 aliphatic carbocycles. The second-order valence-electron chi connectivity index (χ2n) is 5.78. The average molecular weight is 390 g/mol. The van der Waals surface area contributed by atoms with Gasteiger partial charge in [0.1, 0.15) is 24.5 Å². The Bertz CT molecular complexity index is 938. The van der Waals surface area contributed by atoms with Gasteiger partial charge in [0, 0.05) is 6.07 Å². The first kappa shape index (κ1) is 16.7. The molecule has 2 aliphatic heterocycles. The molecule has 2 aromatic rings. The summed E-state index contributed by atoms with van der Waals surface area (Å²) in [6.45, 7) is 0.384. The summed E-state index contributed by atoms with van der Waals surface area (Å²) in [5.74, 6) is 0.197. The lowest BCUT2D eigenvalue weighted by molar-refractivity contribution is 0.0890. The van der Waals surface area contributed by atoms with Crippen LogP contribution in [0.5, 0.6) is 5.75 Å². The summed E-state index contributed by atoms with van der Waals surface area (Å²) in [5.41, 5.74) is 1.01. The van der Waals surface area contributed by atoms with Gasteiger partial charge in [0.15, 0.2) is 0 Å². The van der Waals surface area contributed by atoms with Gasteiger partial charge >= 0.3 is 6.09 Å². The van der Waals surface area contributed by atoms with Crippen LogP contribution in [-0.4, -0.2) is 37.3 Å². The van der Waals surface area contributed by atoms with Crippen molar-refractivity contribution in [3.05, 3.63) is 45.1 Å². The molecule has 132 valence electrons. The second-order valence-corrected chi connectivity index (χ2v) is 7.49. The van der Waals surface area contributed by atoms with Crippen LogP contribution in [-0.2, 0) is 4.74 Å². The molecule has 1 aromatic heterocycles. The number of thiophene rings is 1. The van der Waals surface area contributed by atoms with Crippen molar-refractivity contribution in [1.29, 1.82) is 5.26 Å². The lowest BCUT2D eigenvalue weighted by Crippen LogP contribution is -2.47. The number of hydrogen-bond acceptors (Lipinski definition) is 6. The van der Waals surface area contributed by atoms with Crippen molar-refractivity contribution in [2.75, 3.05) is 18.1 Å². The molecule has 7 nitrogen and oxygen atoms in total. The lowest BCUT2D eigenvalue weighted by atomic mass is 10.1. The molecule has 3 heterocycles. The third-order valence-corrected chi connectivity index (χ3v) is 5.46. The Hall–Kier alpha value is -2.76.